The van der Waals surface area contributed by atoms with E-state index in [9.17, 15) is 22.7 Å². The molecule has 0 bridgehead atoms. The third-order valence-electron chi connectivity index (χ3n) is 3.58. The predicted molar refractivity (Wildman–Crippen MR) is 98.8 cm³/mol. The molecular weight excluding hydrogens is 422 g/mol. The van der Waals surface area contributed by atoms with Crippen molar-refractivity contribution in [1.29, 1.82) is 0 Å². The van der Waals surface area contributed by atoms with E-state index in [1.54, 1.807) is 12.1 Å². The zero-order valence-corrected chi connectivity index (χ0v) is 16.4. The van der Waals surface area contributed by atoms with Crippen molar-refractivity contribution in [3.8, 4) is 11.3 Å². The fourth-order valence-electron chi connectivity index (χ4n) is 2.31. The monoisotopic (exact) mass is 438 g/mol. The van der Waals surface area contributed by atoms with Crippen LogP contribution >= 0.6 is 23.2 Å². The molecule has 1 heterocycles. The number of nitrogens with one attached hydrogen (secondary N) is 1. The second-order valence-corrected chi connectivity index (χ2v) is 9.13. The molecule has 0 saturated carbocycles. The van der Waals surface area contributed by atoms with Crippen molar-refractivity contribution in [3.05, 3.63) is 41.6 Å². The van der Waals surface area contributed by atoms with Gasteiger partial charge in [-0.3, -0.25) is 4.79 Å². The zero-order valence-electron chi connectivity index (χ0n) is 14.1. The van der Waals surface area contributed by atoms with Crippen LogP contribution in [0.15, 0.2) is 34.9 Å². The zero-order chi connectivity index (χ0) is 20.2. The first-order chi connectivity index (χ1) is 12.6. The van der Waals surface area contributed by atoms with E-state index in [0.29, 0.717) is 16.9 Å². The molecule has 0 aliphatic rings. The van der Waals surface area contributed by atoms with Crippen molar-refractivity contribution in [1.82, 2.24) is 10.5 Å². The van der Waals surface area contributed by atoms with E-state index < -0.39 is 39.4 Å². The summed E-state index contributed by atoms with van der Waals surface area (Å²) in [6.45, 7) is -1.02. The Bertz CT molecular complexity index is 886. The van der Waals surface area contributed by atoms with Gasteiger partial charge >= 0.3 is 0 Å². The maximum atomic E-state index is 13.2. The molecule has 0 spiro atoms. The lowest BCUT2D eigenvalue weighted by molar-refractivity contribution is -0.121. The van der Waals surface area contributed by atoms with Gasteiger partial charge in [-0.25, -0.2) is 12.8 Å². The second kappa shape index (κ2) is 9.01. The van der Waals surface area contributed by atoms with Crippen LogP contribution in [0, 0.1) is 0 Å². The summed E-state index contributed by atoms with van der Waals surface area (Å²) in [6, 6.07) is 6.50. The predicted octanol–water partition coefficient (Wildman–Crippen LogP) is 2.18. The van der Waals surface area contributed by atoms with E-state index in [-0.39, 0.29) is 11.4 Å². The number of alkyl halides is 3. The van der Waals surface area contributed by atoms with Crippen molar-refractivity contribution in [2.75, 3.05) is 12.9 Å². The van der Waals surface area contributed by atoms with Crippen LogP contribution in [0.3, 0.4) is 0 Å². The molecule has 2 rings (SSSR count). The van der Waals surface area contributed by atoms with E-state index in [1.165, 1.54) is 18.2 Å². The molecule has 2 aromatic rings. The molecule has 1 aromatic heterocycles. The molecule has 0 fully saturated rings. The van der Waals surface area contributed by atoms with Crippen molar-refractivity contribution in [3.63, 3.8) is 0 Å². The van der Waals surface area contributed by atoms with Crippen LogP contribution in [-0.4, -0.2) is 48.4 Å². The topological polar surface area (TPSA) is 110 Å². The number of carbonyl (C=O) groups excluding carboxylic acids is 1. The average Bonchev–Trinajstić information content (AvgIpc) is 3.05. The maximum Gasteiger partial charge on any atom is 0.253 e. The minimum atomic E-state index is -3.24. The van der Waals surface area contributed by atoms with Crippen LogP contribution in [0.5, 0.6) is 0 Å². The highest BCUT2D eigenvalue weighted by Crippen LogP contribution is 2.25. The first kappa shape index (κ1) is 21.6. The number of aliphatic hydroxyl groups is 1. The van der Waals surface area contributed by atoms with Gasteiger partial charge in [-0.05, 0) is 5.56 Å². The first-order valence-corrected chi connectivity index (χ1v) is 10.6. The third kappa shape index (κ3) is 6.17. The van der Waals surface area contributed by atoms with Gasteiger partial charge in [0.15, 0.2) is 20.4 Å². The number of hydrogen-bond donors (Lipinski definition) is 2. The molecule has 7 nitrogen and oxygen atoms in total. The molecule has 0 saturated heterocycles. The summed E-state index contributed by atoms with van der Waals surface area (Å²) in [6.07, 6.45) is -0.232. The van der Waals surface area contributed by atoms with E-state index in [0.717, 1.165) is 6.26 Å². The van der Waals surface area contributed by atoms with Gasteiger partial charge in [0, 0.05) is 17.9 Å². The molecule has 2 N–H and O–H groups in total. The largest absolute Gasteiger partial charge is 0.386 e. The number of amides is 1. The SMILES string of the molecule is CS(=O)(=O)Cc1cc(-c2ccc(C(O)C(CF)NC(=O)C(Cl)Cl)cc2)on1. The lowest BCUT2D eigenvalue weighted by Crippen LogP contribution is -2.43. The smallest absolute Gasteiger partial charge is 0.253 e. The number of halogens is 3. The van der Waals surface area contributed by atoms with Crippen molar-refractivity contribution < 1.29 is 27.2 Å². The van der Waals surface area contributed by atoms with Gasteiger partial charge in [0.2, 0.25) is 0 Å². The van der Waals surface area contributed by atoms with Crippen LogP contribution in [0.25, 0.3) is 11.3 Å². The summed E-state index contributed by atoms with van der Waals surface area (Å²) in [4.78, 5) is 10.1. The van der Waals surface area contributed by atoms with Gasteiger partial charge in [-0.15, -0.1) is 0 Å². The van der Waals surface area contributed by atoms with Crippen molar-refractivity contribution in [2.24, 2.45) is 0 Å². The molecule has 2 atom stereocenters. The van der Waals surface area contributed by atoms with Crippen LogP contribution < -0.4 is 5.32 Å². The maximum absolute atomic E-state index is 13.2. The number of benzene rings is 1. The van der Waals surface area contributed by atoms with E-state index in [1.807, 2.05) is 0 Å². The molecule has 0 aliphatic carbocycles. The van der Waals surface area contributed by atoms with Gasteiger partial charge in [0.1, 0.15) is 12.8 Å². The van der Waals surface area contributed by atoms with Crippen LogP contribution in [0.2, 0.25) is 0 Å². The summed E-state index contributed by atoms with van der Waals surface area (Å²) >= 11 is 10.8. The fraction of sp³-hybridized carbons (Fsp3) is 0.375. The normalized spacial score (nSPS) is 14.1. The van der Waals surface area contributed by atoms with Crippen molar-refractivity contribution in [2.45, 2.75) is 22.7 Å². The van der Waals surface area contributed by atoms with E-state index >= 15 is 0 Å². The number of aliphatic hydroxyl groups excluding tert-OH is 1. The Morgan fingerprint density at radius 2 is 1.96 bits per heavy atom. The third-order valence-corrected chi connectivity index (χ3v) is 4.80. The standard InChI is InChI=1S/C16H17Cl2FN2O5S/c1-27(24,25)8-11-6-13(26-21-11)9-2-4-10(5-3-9)14(22)12(7-19)20-16(23)15(17)18/h2-6,12,14-15,22H,7-8H2,1H3,(H,20,23). The Balaban J connectivity index is 2.13. The summed E-state index contributed by atoms with van der Waals surface area (Å²) in [7, 11) is -3.24. The number of rotatable bonds is 8. The van der Waals surface area contributed by atoms with Crippen LogP contribution in [-0.2, 0) is 20.4 Å². The minimum Gasteiger partial charge on any atom is -0.386 e. The van der Waals surface area contributed by atoms with E-state index in [2.05, 4.69) is 10.5 Å². The Hall–Kier alpha value is -1.68. The highest BCUT2D eigenvalue weighted by molar-refractivity contribution is 7.89. The molecule has 0 aliphatic heterocycles. The number of nitrogens with zero attached hydrogens (tertiary/aromatic N) is 1. The number of sulfone groups is 1. The minimum absolute atomic E-state index is 0.243. The van der Waals surface area contributed by atoms with Gasteiger partial charge in [0.05, 0.1) is 17.5 Å². The molecule has 1 amide bonds. The van der Waals surface area contributed by atoms with Crippen molar-refractivity contribution >= 4 is 38.9 Å². The molecule has 0 radical (unpaired) electrons. The average molecular weight is 439 g/mol. The van der Waals surface area contributed by atoms with Gasteiger partial charge in [-0.1, -0.05) is 52.6 Å². The molecule has 1 aromatic carbocycles. The highest BCUT2D eigenvalue weighted by Gasteiger charge is 2.25. The Labute approximate surface area is 165 Å². The van der Waals surface area contributed by atoms with Gasteiger partial charge < -0.3 is 14.9 Å². The first-order valence-electron chi connectivity index (χ1n) is 7.67. The lowest BCUT2D eigenvalue weighted by atomic mass is 10.0. The Kier molecular flexibility index (Phi) is 7.21. The molecule has 11 heteroatoms. The lowest BCUT2D eigenvalue weighted by Gasteiger charge is -2.22. The Morgan fingerprint density at radius 3 is 2.48 bits per heavy atom. The highest BCUT2D eigenvalue weighted by atomic mass is 35.5. The van der Waals surface area contributed by atoms with Gasteiger partial charge in [-0.2, -0.15) is 0 Å². The summed E-state index contributed by atoms with van der Waals surface area (Å²) in [5.41, 5.74) is 1.20. The van der Waals surface area contributed by atoms with Gasteiger partial charge in [0.25, 0.3) is 5.91 Å². The summed E-state index contributed by atoms with van der Waals surface area (Å²) in [5.74, 6) is -0.707. The molecule has 27 heavy (non-hydrogen) atoms. The summed E-state index contributed by atoms with van der Waals surface area (Å²) < 4.78 is 40.9. The van der Waals surface area contributed by atoms with E-state index in [4.69, 9.17) is 27.7 Å². The summed E-state index contributed by atoms with van der Waals surface area (Å²) in [5, 5.41) is 16.2. The van der Waals surface area contributed by atoms with Crippen LogP contribution in [0.1, 0.15) is 17.4 Å². The number of carbonyl (C=O) groups is 1. The van der Waals surface area contributed by atoms with Crippen LogP contribution in [0.4, 0.5) is 4.39 Å². The fourth-order valence-corrected chi connectivity index (χ4v) is 3.11. The number of aromatic nitrogens is 1. The molecule has 2 unspecified atom stereocenters. The second-order valence-electron chi connectivity index (χ2n) is 5.89. The quantitative estimate of drug-likeness (QED) is 0.611. The molecular formula is C16H17Cl2FN2O5S. The molecule has 148 valence electrons. The Morgan fingerprint density at radius 1 is 1.33 bits per heavy atom. The number of hydrogen-bond acceptors (Lipinski definition) is 6.